The Hall–Kier alpha value is -3.45. The van der Waals surface area contributed by atoms with Crippen molar-refractivity contribution in [2.45, 2.75) is 6.54 Å². The third-order valence-electron chi connectivity index (χ3n) is 3.04. The molecule has 0 spiro atoms. The minimum absolute atomic E-state index is 0.146. The summed E-state index contributed by atoms with van der Waals surface area (Å²) in [6, 6.07) is 10.8. The molecule has 0 aromatic carbocycles. The van der Waals surface area contributed by atoms with E-state index in [0.717, 1.165) is 11.4 Å². The molecule has 0 fully saturated rings. The van der Waals surface area contributed by atoms with Crippen molar-refractivity contribution in [1.82, 2.24) is 25.0 Å². The monoisotopic (exact) mass is 308 g/mol. The van der Waals surface area contributed by atoms with Gasteiger partial charge in [-0.2, -0.15) is 5.10 Å². The van der Waals surface area contributed by atoms with Gasteiger partial charge in [-0.3, -0.25) is 4.98 Å². The van der Waals surface area contributed by atoms with Gasteiger partial charge in [0.25, 0.3) is 0 Å². The second-order valence-electron chi connectivity index (χ2n) is 4.47. The molecular formula is C14H12N8O. The average molecular weight is 308 g/mol. The topological polar surface area (TPSA) is 114 Å². The van der Waals surface area contributed by atoms with Gasteiger partial charge in [0.15, 0.2) is 5.82 Å². The summed E-state index contributed by atoms with van der Waals surface area (Å²) in [4.78, 5) is 7.08. The fraction of sp³-hybridized carbons (Fsp3) is 0.143. The molecule has 114 valence electrons. The van der Waals surface area contributed by atoms with Crippen molar-refractivity contribution in [2.75, 3.05) is 7.11 Å². The number of aromatic nitrogens is 5. The molecule has 3 aromatic rings. The van der Waals surface area contributed by atoms with Crippen molar-refractivity contribution in [3.8, 4) is 23.1 Å². The minimum Gasteiger partial charge on any atom is -0.480 e. The van der Waals surface area contributed by atoms with Crippen molar-refractivity contribution in [2.24, 2.45) is 5.11 Å². The molecule has 0 amide bonds. The molecular weight excluding hydrogens is 296 g/mol. The Kier molecular flexibility index (Phi) is 4.12. The molecule has 0 aliphatic heterocycles. The molecule has 9 nitrogen and oxygen atoms in total. The Bertz CT molecular complexity index is 837. The predicted octanol–water partition coefficient (Wildman–Crippen LogP) is 2.54. The Morgan fingerprint density at radius 1 is 1.26 bits per heavy atom. The molecule has 0 saturated carbocycles. The highest BCUT2D eigenvalue weighted by Crippen LogP contribution is 2.22. The second kappa shape index (κ2) is 6.54. The lowest BCUT2D eigenvalue weighted by Crippen LogP contribution is -2.04. The van der Waals surface area contributed by atoms with E-state index in [9.17, 15) is 0 Å². The smallest absolute Gasteiger partial charge is 0.233 e. The summed E-state index contributed by atoms with van der Waals surface area (Å²) in [5, 5.41) is 16.0. The standard InChI is InChI=1S/C14H12N8O/c1-23-14-6-5-13(18-19-14)22-12(11-4-2-3-7-16-11)8-10(20-22)9-17-21-15/h2-8H,9H2,1H3. The molecule has 0 radical (unpaired) electrons. The number of azide groups is 1. The maximum atomic E-state index is 8.47. The van der Waals surface area contributed by atoms with Gasteiger partial charge < -0.3 is 4.74 Å². The molecule has 0 unspecified atom stereocenters. The van der Waals surface area contributed by atoms with E-state index in [4.69, 9.17) is 10.3 Å². The van der Waals surface area contributed by atoms with Crippen LogP contribution in [0.2, 0.25) is 0 Å². The maximum Gasteiger partial charge on any atom is 0.233 e. The van der Waals surface area contributed by atoms with E-state index in [-0.39, 0.29) is 6.54 Å². The highest BCUT2D eigenvalue weighted by Gasteiger charge is 2.13. The third kappa shape index (κ3) is 3.09. The molecule has 0 atom stereocenters. The first kappa shape index (κ1) is 14.5. The Balaban J connectivity index is 2.09. The maximum absolute atomic E-state index is 8.47. The summed E-state index contributed by atoms with van der Waals surface area (Å²) in [5.74, 6) is 0.924. The van der Waals surface area contributed by atoms with Crippen molar-refractivity contribution >= 4 is 0 Å². The first-order valence-electron chi connectivity index (χ1n) is 6.71. The molecule has 0 aliphatic carbocycles. The summed E-state index contributed by atoms with van der Waals surface area (Å²) >= 11 is 0. The zero-order chi connectivity index (χ0) is 16.1. The molecule has 0 saturated heterocycles. The van der Waals surface area contributed by atoms with Crippen LogP contribution < -0.4 is 4.74 Å². The minimum atomic E-state index is 0.146. The van der Waals surface area contributed by atoms with Gasteiger partial charge in [-0.05, 0) is 29.8 Å². The highest BCUT2D eigenvalue weighted by atomic mass is 16.5. The van der Waals surface area contributed by atoms with Crippen LogP contribution in [0.1, 0.15) is 5.69 Å². The number of hydrogen-bond donors (Lipinski definition) is 0. The van der Waals surface area contributed by atoms with Crippen LogP contribution in [0.3, 0.4) is 0 Å². The summed E-state index contributed by atoms with van der Waals surface area (Å²) < 4.78 is 6.62. The van der Waals surface area contributed by atoms with E-state index in [1.54, 1.807) is 23.0 Å². The van der Waals surface area contributed by atoms with Crippen LogP contribution in [0.15, 0.2) is 47.7 Å². The first-order chi connectivity index (χ1) is 11.3. The van der Waals surface area contributed by atoms with Gasteiger partial charge in [0.1, 0.15) is 0 Å². The van der Waals surface area contributed by atoms with Gasteiger partial charge >= 0.3 is 0 Å². The third-order valence-corrected chi connectivity index (χ3v) is 3.04. The lowest BCUT2D eigenvalue weighted by molar-refractivity contribution is 0.391. The van der Waals surface area contributed by atoms with Gasteiger partial charge in [-0.15, -0.1) is 10.2 Å². The van der Waals surface area contributed by atoms with Crippen molar-refractivity contribution < 1.29 is 4.74 Å². The van der Waals surface area contributed by atoms with E-state index in [0.29, 0.717) is 17.4 Å². The summed E-state index contributed by atoms with van der Waals surface area (Å²) in [5.41, 5.74) is 10.5. The van der Waals surface area contributed by atoms with E-state index in [1.165, 1.54) is 7.11 Å². The fourth-order valence-electron chi connectivity index (χ4n) is 2.02. The molecule has 0 aliphatic rings. The van der Waals surface area contributed by atoms with Gasteiger partial charge in [0.2, 0.25) is 5.88 Å². The van der Waals surface area contributed by atoms with Gasteiger partial charge in [-0.25, -0.2) is 4.68 Å². The van der Waals surface area contributed by atoms with Crippen LogP contribution in [0, 0.1) is 0 Å². The number of hydrogen-bond acceptors (Lipinski definition) is 6. The fourth-order valence-corrected chi connectivity index (χ4v) is 2.02. The Morgan fingerprint density at radius 3 is 2.83 bits per heavy atom. The highest BCUT2D eigenvalue weighted by molar-refractivity contribution is 5.57. The molecule has 3 aromatic heterocycles. The molecule has 23 heavy (non-hydrogen) atoms. The molecule has 3 rings (SSSR count). The zero-order valence-corrected chi connectivity index (χ0v) is 12.2. The second-order valence-corrected chi connectivity index (χ2v) is 4.47. The number of ether oxygens (including phenoxy) is 1. The molecule has 0 bridgehead atoms. The summed E-state index contributed by atoms with van der Waals surface area (Å²) in [7, 11) is 1.52. The van der Waals surface area contributed by atoms with E-state index < -0.39 is 0 Å². The quantitative estimate of drug-likeness (QED) is 0.408. The lowest BCUT2D eigenvalue weighted by Gasteiger charge is -2.05. The van der Waals surface area contributed by atoms with Gasteiger partial charge in [0, 0.05) is 17.2 Å². The molecule has 3 heterocycles. The van der Waals surface area contributed by atoms with E-state index in [2.05, 4.69) is 30.3 Å². The molecule has 0 N–H and O–H groups in total. The van der Waals surface area contributed by atoms with Gasteiger partial charge in [0.05, 0.1) is 30.7 Å². The van der Waals surface area contributed by atoms with Crippen LogP contribution in [0.25, 0.3) is 27.6 Å². The lowest BCUT2D eigenvalue weighted by atomic mass is 10.2. The predicted molar refractivity (Wildman–Crippen MR) is 81.8 cm³/mol. The number of pyridine rings is 1. The Morgan fingerprint density at radius 2 is 2.17 bits per heavy atom. The van der Waals surface area contributed by atoms with Gasteiger partial charge in [-0.1, -0.05) is 11.2 Å². The van der Waals surface area contributed by atoms with Crippen LogP contribution in [-0.4, -0.2) is 32.1 Å². The average Bonchev–Trinajstić information content (AvgIpc) is 3.05. The van der Waals surface area contributed by atoms with Crippen molar-refractivity contribution in [3.05, 3.63) is 58.7 Å². The number of rotatable bonds is 5. The summed E-state index contributed by atoms with van der Waals surface area (Å²) in [6.45, 7) is 0.146. The van der Waals surface area contributed by atoms with Crippen molar-refractivity contribution in [3.63, 3.8) is 0 Å². The van der Waals surface area contributed by atoms with Crippen molar-refractivity contribution in [1.29, 1.82) is 0 Å². The van der Waals surface area contributed by atoms with E-state index >= 15 is 0 Å². The van der Waals surface area contributed by atoms with E-state index in [1.807, 2.05) is 24.3 Å². The number of methoxy groups -OCH3 is 1. The Labute approximate surface area is 131 Å². The summed E-state index contributed by atoms with van der Waals surface area (Å²) in [6.07, 6.45) is 1.69. The van der Waals surface area contributed by atoms with Crippen LogP contribution in [-0.2, 0) is 6.54 Å². The number of nitrogens with zero attached hydrogens (tertiary/aromatic N) is 8. The SMILES string of the molecule is COc1ccc(-n2nc(CN=[N+]=[N-])cc2-c2ccccn2)nn1. The molecule has 9 heteroatoms. The first-order valence-corrected chi connectivity index (χ1v) is 6.71. The van der Waals surface area contributed by atoms with Crippen LogP contribution in [0.5, 0.6) is 5.88 Å². The normalized spacial score (nSPS) is 10.1. The van der Waals surface area contributed by atoms with Crippen LogP contribution in [0.4, 0.5) is 0 Å². The van der Waals surface area contributed by atoms with Crippen LogP contribution >= 0.6 is 0 Å². The zero-order valence-electron chi connectivity index (χ0n) is 12.2. The largest absolute Gasteiger partial charge is 0.480 e.